The smallest absolute Gasteiger partial charge is 0.391 e. The van der Waals surface area contributed by atoms with Crippen molar-refractivity contribution in [2.45, 2.75) is 44.0 Å². The minimum absolute atomic E-state index is 0.164. The summed E-state index contributed by atoms with van der Waals surface area (Å²) in [6.07, 6.45) is -1.61. The van der Waals surface area contributed by atoms with Gasteiger partial charge in [0.1, 0.15) is 11.6 Å². The third-order valence-electron chi connectivity index (χ3n) is 3.95. The minimum atomic E-state index is -4.42. The van der Waals surface area contributed by atoms with Crippen LogP contribution >= 0.6 is 0 Å². The molecule has 21 heavy (non-hydrogen) atoms. The first kappa shape index (κ1) is 15.9. The molecule has 4 nitrogen and oxygen atoms in total. The van der Waals surface area contributed by atoms with Crippen molar-refractivity contribution in [2.75, 3.05) is 24.3 Å². The molecule has 2 rings (SSSR count). The van der Waals surface area contributed by atoms with Gasteiger partial charge in [0.05, 0.1) is 17.7 Å². The van der Waals surface area contributed by atoms with Crippen molar-refractivity contribution < 1.29 is 18.3 Å². The summed E-state index contributed by atoms with van der Waals surface area (Å²) in [6, 6.07) is 1.82. The third kappa shape index (κ3) is 3.58. The molecule has 1 saturated carbocycles. The molecule has 0 amide bonds. The summed E-state index contributed by atoms with van der Waals surface area (Å²) in [5.41, 5.74) is -0.742. The zero-order valence-electron chi connectivity index (χ0n) is 12.1. The van der Waals surface area contributed by atoms with E-state index in [1.807, 2.05) is 0 Å². The molecule has 2 atom stereocenters. The van der Waals surface area contributed by atoms with Gasteiger partial charge in [0.15, 0.2) is 0 Å². The number of halogens is 3. The Hall–Kier alpha value is -1.50. The van der Waals surface area contributed by atoms with E-state index in [1.165, 1.54) is 7.05 Å². The van der Waals surface area contributed by atoms with E-state index in [4.69, 9.17) is 0 Å². The number of aromatic nitrogens is 1. The maximum absolute atomic E-state index is 12.9. The van der Waals surface area contributed by atoms with Crippen molar-refractivity contribution in [2.24, 2.45) is 0 Å². The van der Waals surface area contributed by atoms with Gasteiger partial charge in [-0.3, -0.25) is 0 Å². The molecule has 2 unspecified atom stereocenters. The van der Waals surface area contributed by atoms with E-state index in [0.717, 1.165) is 31.4 Å². The van der Waals surface area contributed by atoms with Gasteiger partial charge in [-0.25, -0.2) is 4.98 Å². The van der Waals surface area contributed by atoms with E-state index in [2.05, 4.69) is 10.3 Å². The lowest BCUT2D eigenvalue weighted by Crippen LogP contribution is -2.44. The molecule has 0 radical (unpaired) electrons. The Morgan fingerprint density at radius 3 is 2.52 bits per heavy atom. The number of alkyl halides is 3. The highest BCUT2D eigenvalue weighted by Gasteiger charge is 2.33. The lowest BCUT2D eigenvalue weighted by molar-refractivity contribution is -0.137. The first-order chi connectivity index (χ1) is 9.82. The van der Waals surface area contributed by atoms with Crippen LogP contribution in [0.25, 0.3) is 0 Å². The van der Waals surface area contributed by atoms with Gasteiger partial charge < -0.3 is 15.3 Å². The molecule has 0 spiro atoms. The van der Waals surface area contributed by atoms with Gasteiger partial charge in [0, 0.05) is 14.1 Å². The monoisotopic (exact) mass is 303 g/mol. The number of rotatable bonds is 3. The second-order valence-corrected chi connectivity index (χ2v) is 5.38. The number of pyridine rings is 1. The molecule has 0 aliphatic heterocycles. The molecule has 0 aromatic carbocycles. The molecule has 118 valence electrons. The Morgan fingerprint density at radius 1 is 1.29 bits per heavy atom. The predicted octanol–water partition coefficient (Wildman–Crippen LogP) is 2.88. The van der Waals surface area contributed by atoms with Crippen LogP contribution in [0.15, 0.2) is 12.1 Å². The lowest BCUT2D eigenvalue weighted by Gasteiger charge is -2.36. The second-order valence-electron chi connectivity index (χ2n) is 5.38. The van der Waals surface area contributed by atoms with Gasteiger partial charge in [0.25, 0.3) is 0 Å². The third-order valence-corrected chi connectivity index (χ3v) is 3.95. The lowest BCUT2D eigenvalue weighted by atomic mass is 9.91. The Kier molecular flexibility index (Phi) is 4.61. The minimum Gasteiger partial charge on any atom is -0.391 e. The van der Waals surface area contributed by atoms with Gasteiger partial charge in [-0.05, 0) is 25.0 Å². The van der Waals surface area contributed by atoms with Crippen LogP contribution in [0.4, 0.5) is 24.8 Å². The molecule has 7 heteroatoms. The molecule has 0 saturated heterocycles. The second kappa shape index (κ2) is 6.09. The van der Waals surface area contributed by atoms with Crippen molar-refractivity contribution in [1.29, 1.82) is 0 Å². The molecule has 2 N–H and O–H groups in total. The van der Waals surface area contributed by atoms with Crippen molar-refractivity contribution in [3.63, 3.8) is 0 Å². The van der Waals surface area contributed by atoms with Crippen LogP contribution < -0.4 is 10.2 Å². The van der Waals surface area contributed by atoms with Crippen LogP contribution in [0.3, 0.4) is 0 Å². The van der Waals surface area contributed by atoms with E-state index >= 15 is 0 Å². The maximum Gasteiger partial charge on any atom is 0.416 e. The summed E-state index contributed by atoms with van der Waals surface area (Å²) in [5.74, 6) is 0.386. The molecule has 1 aliphatic rings. The highest BCUT2D eigenvalue weighted by molar-refractivity contribution is 5.51. The standard InChI is InChI=1S/C14H20F3N3O/c1-18-12-7-9(14(15,16)17)8-13(19-12)20(2)10-5-3-4-6-11(10)21/h7-8,10-11,21H,3-6H2,1-2H3,(H,18,19). The van der Waals surface area contributed by atoms with Crippen molar-refractivity contribution >= 4 is 11.6 Å². The normalized spacial score (nSPS) is 23.0. The Bertz CT molecular complexity index is 493. The summed E-state index contributed by atoms with van der Waals surface area (Å²) < 4.78 is 38.8. The van der Waals surface area contributed by atoms with E-state index in [0.29, 0.717) is 6.42 Å². The maximum atomic E-state index is 12.9. The highest BCUT2D eigenvalue weighted by atomic mass is 19.4. The summed E-state index contributed by atoms with van der Waals surface area (Å²) in [7, 11) is 3.21. The fraction of sp³-hybridized carbons (Fsp3) is 0.643. The van der Waals surface area contributed by atoms with Gasteiger partial charge in [-0.15, -0.1) is 0 Å². The van der Waals surface area contributed by atoms with Crippen LogP contribution in [0, 0.1) is 0 Å². The summed E-state index contributed by atoms with van der Waals surface area (Å²) in [5, 5.41) is 12.7. The van der Waals surface area contributed by atoms with Crippen molar-refractivity contribution in [3.05, 3.63) is 17.7 Å². The number of anilines is 2. The van der Waals surface area contributed by atoms with Crippen molar-refractivity contribution in [3.8, 4) is 0 Å². The molecule has 1 aromatic heterocycles. The largest absolute Gasteiger partial charge is 0.416 e. The molecular weight excluding hydrogens is 283 g/mol. The zero-order chi connectivity index (χ0) is 15.6. The summed E-state index contributed by atoms with van der Waals surface area (Å²) >= 11 is 0. The first-order valence-corrected chi connectivity index (χ1v) is 7.01. The quantitative estimate of drug-likeness (QED) is 0.901. The topological polar surface area (TPSA) is 48.4 Å². The van der Waals surface area contributed by atoms with E-state index in [-0.39, 0.29) is 17.7 Å². The number of aliphatic hydroxyl groups is 1. The van der Waals surface area contributed by atoms with Gasteiger partial charge in [-0.2, -0.15) is 13.2 Å². The first-order valence-electron chi connectivity index (χ1n) is 7.01. The van der Waals surface area contributed by atoms with Gasteiger partial charge in [0.2, 0.25) is 0 Å². The van der Waals surface area contributed by atoms with Crippen molar-refractivity contribution in [1.82, 2.24) is 4.98 Å². The number of hydrogen-bond acceptors (Lipinski definition) is 4. The molecule has 1 heterocycles. The van der Waals surface area contributed by atoms with Crippen LogP contribution in [0.5, 0.6) is 0 Å². The number of likely N-dealkylation sites (N-methyl/N-ethyl adjacent to an activating group) is 1. The number of hydrogen-bond donors (Lipinski definition) is 2. The number of nitrogens with one attached hydrogen (secondary N) is 1. The fourth-order valence-electron chi connectivity index (χ4n) is 2.70. The predicted molar refractivity (Wildman–Crippen MR) is 75.5 cm³/mol. The summed E-state index contributed by atoms with van der Waals surface area (Å²) in [6.45, 7) is 0. The number of aliphatic hydroxyl groups excluding tert-OH is 1. The molecular formula is C14H20F3N3O. The SMILES string of the molecule is CNc1cc(C(F)(F)F)cc(N(C)C2CCCCC2O)n1. The Morgan fingerprint density at radius 2 is 1.95 bits per heavy atom. The van der Waals surface area contributed by atoms with Gasteiger partial charge in [-0.1, -0.05) is 12.8 Å². The van der Waals surface area contributed by atoms with E-state index in [9.17, 15) is 18.3 Å². The Balaban J connectivity index is 2.33. The fourth-order valence-corrected chi connectivity index (χ4v) is 2.70. The average Bonchev–Trinajstić information content (AvgIpc) is 2.45. The van der Waals surface area contributed by atoms with Gasteiger partial charge >= 0.3 is 6.18 Å². The molecule has 1 aromatic rings. The summed E-state index contributed by atoms with van der Waals surface area (Å²) in [4.78, 5) is 5.83. The van der Waals surface area contributed by atoms with Crippen LogP contribution in [0.2, 0.25) is 0 Å². The van der Waals surface area contributed by atoms with Crippen LogP contribution in [-0.4, -0.2) is 36.3 Å². The van der Waals surface area contributed by atoms with E-state index in [1.54, 1.807) is 11.9 Å². The molecule has 1 fully saturated rings. The Labute approximate surface area is 122 Å². The zero-order valence-corrected chi connectivity index (χ0v) is 12.1. The van der Waals surface area contributed by atoms with Crippen LogP contribution in [-0.2, 0) is 6.18 Å². The number of nitrogens with zero attached hydrogens (tertiary/aromatic N) is 2. The van der Waals surface area contributed by atoms with Crippen LogP contribution in [0.1, 0.15) is 31.2 Å². The molecule has 0 bridgehead atoms. The van der Waals surface area contributed by atoms with E-state index < -0.39 is 17.8 Å². The average molecular weight is 303 g/mol. The highest BCUT2D eigenvalue weighted by Crippen LogP contribution is 2.34. The molecule has 1 aliphatic carbocycles.